The molecule has 0 radical (unpaired) electrons. The summed E-state index contributed by atoms with van der Waals surface area (Å²) >= 11 is 0. The zero-order valence-electron chi connectivity index (χ0n) is 8.31. The van der Waals surface area contributed by atoms with Crippen molar-refractivity contribution in [3.05, 3.63) is 12.2 Å². The van der Waals surface area contributed by atoms with Gasteiger partial charge in [0.1, 0.15) is 0 Å². The first-order valence-electron chi connectivity index (χ1n) is 5.21. The molecule has 1 saturated carbocycles. The highest BCUT2D eigenvalue weighted by Gasteiger charge is 2.53. The lowest BCUT2D eigenvalue weighted by Gasteiger charge is -2.34. The van der Waals surface area contributed by atoms with Gasteiger partial charge in [0.15, 0.2) is 0 Å². The maximum absolute atomic E-state index is 11.0. The van der Waals surface area contributed by atoms with Crippen molar-refractivity contribution in [2.75, 3.05) is 0 Å². The zero-order chi connectivity index (χ0) is 10.3. The van der Waals surface area contributed by atoms with E-state index in [2.05, 4.69) is 6.08 Å². The Labute approximate surface area is 83.4 Å². The molecule has 2 aliphatic rings. The Kier molecular flexibility index (Phi) is 2.14. The predicted molar refractivity (Wildman–Crippen MR) is 51.7 cm³/mol. The fourth-order valence-electron chi connectivity index (χ4n) is 3.01. The van der Waals surface area contributed by atoms with Crippen LogP contribution < -0.4 is 0 Å². The number of hydrogen-bond donors (Lipinski definition) is 2. The number of rotatable bonds is 3. The van der Waals surface area contributed by atoms with E-state index < -0.39 is 17.5 Å². The van der Waals surface area contributed by atoms with Gasteiger partial charge in [0, 0.05) is 5.92 Å². The van der Waals surface area contributed by atoms with Crippen LogP contribution in [0.15, 0.2) is 12.2 Å². The van der Waals surface area contributed by atoms with Gasteiger partial charge in [-0.2, -0.15) is 0 Å². The lowest BCUT2D eigenvalue weighted by molar-refractivity contribution is -0.154. The molecule has 0 heterocycles. The Morgan fingerprint density at radius 3 is 2.71 bits per heavy atom. The van der Waals surface area contributed by atoms with Crippen molar-refractivity contribution in [1.29, 1.82) is 0 Å². The Bertz CT molecular complexity index is 284. The first kappa shape index (κ1) is 9.71. The molecule has 0 saturated heterocycles. The molecule has 0 aromatic heterocycles. The molecule has 78 valence electrons. The van der Waals surface area contributed by atoms with Crippen LogP contribution in [0.3, 0.4) is 0 Å². The number of carboxylic acids is 1. The van der Waals surface area contributed by atoms with Crippen molar-refractivity contribution in [2.24, 2.45) is 17.8 Å². The summed E-state index contributed by atoms with van der Waals surface area (Å²) in [5, 5.41) is 19.4. The molecule has 4 atom stereocenters. The number of fused-ring (bicyclic) bond motifs is 2. The summed E-state index contributed by atoms with van der Waals surface area (Å²) in [4.78, 5) is 11.0. The topological polar surface area (TPSA) is 57.5 Å². The van der Waals surface area contributed by atoms with Crippen LogP contribution in [0.5, 0.6) is 0 Å². The second-order valence-electron chi connectivity index (χ2n) is 4.48. The highest BCUT2D eigenvalue weighted by atomic mass is 16.4. The minimum atomic E-state index is -0.986. The van der Waals surface area contributed by atoms with Gasteiger partial charge in [0.2, 0.25) is 0 Å². The number of allylic oxidation sites excluding steroid dienone is 1. The third-order valence-corrected chi connectivity index (χ3v) is 3.71. The van der Waals surface area contributed by atoms with Crippen molar-refractivity contribution < 1.29 is 15.0 Å². The van der Waals surface area contributed by atoms with E-state index in [0.717, 1.165) is 6.42 Å². The zero-order valence-corrected chi connectivity index (χ0v) is 8.31. The molecular weight excluding hydrogens is 180 g/mol. The van der Waals surface area contributed by atoms with Crippen molar-refractivity contribution in [1.82, 2.24) is 0 Å². The molecule has 14 heavy (non-hydrogen) atoms. The highest BCUT2D eigenvalue weighted by Crippen LogP contribution is 2.50. The average molecular weight is 196 g/mol. The summed E-state index contributed by atoms with van der Waals surface area (Å²) < 4.78 is 0. The predicted octanol–water partition coefficient (Wildman–Crippen LogP) is 1.42. The molecule has 0 amide bonds. The van der Waals surface area contributed by atoms with E-state index in [1.165, 1.54) is 0 Å². The fourth-order valence-corrected chi connectivity index (χ4v) is 3.01. The van der Waals surface area contributed by atoms with E-state index in [0.29, 0.717) is 18.8 Å². The third-order valence-electron chi connectivity index (χ3n) is 3.71. The van der Waals surface area contributed by atoms with Crippen LogP contribution >= 0.6 is 0 Å². The minimum absolute atomic E-state index is 0.0635. The first-order chi connectivity index (χ1) is 6.58. The molecule has 2 N–H and O–H groups in total. The number of hydrogen-bond acceptors (Lipinski definition) is 2. The van der Waals surface area contributed by atoms with Crippen LogP contribution in [0.2, 0.25) is 0 Å². The lowest BCUT2D eigenvalue weighted by atomic mass is 9.76. The Balaban J connectivity index is 2.24. The molecule has 2 bridgehead atoms. The van der Waals surface area contributed by atoms with Gasteiger partial charge in [-0.3, -0.25) is 4.79 Å². The number of aliphatic carboxylic acids is 1. The van der Waals surface area contributed by atoms with Crippen LogP contribution in [-0.2, 0) is 4.79 Å². The monoisotopic (exact) mass is 196 g/mol. The standard InChI is InChI=1S/C11H16O3/c1-2-9(10(12)13)11(14)6-7-3-4-8(11)5-7/h3-4,7-9,14H,2,5-6H2,1H3,(H,12,13)/t7-,8+,9+,11-/m1/s1. The molecule has 1 fully saturated rings. The van der Waals surface area contributed by atoms with Gasteiger partial charge < -0.3 is 10.2 Å². The van der Waals surface area contributed by atoms with Gasteiger partial charge >= 0.3 is 5.97 Å². The normalized spacial score (nSPS) is 41.6. The number of carbonyl (C=O) groups is 1. The quantitative estimate of drug-likeness (QED) is 0.671. The van der Waals surface area contributed by atoms with Gasteiger partial charge in [-0.1, -0.05) is 19.1 Å². The minimum Gasteiger partial charge on any atom is -0.481 e. The SMILES string of the molecule is CC[C@@H](C(=O)O)[C@@]1(O)C[C@@H]2C=C[C@H]1C2. The molecule has 2 rings (SSSR count). The van der Waals surface area contributed by atoms with E-state index in [-0.39, 0.29) is 5.92 Å². The fraction of sp³-hybridized carbons (Fsp3) is 0.727. The summed E-state index contributed by atoms with van der Waals surface area (Å²) in [5.74, 6) is -1.01. The highest BCUT2D eigenvalue weighted by molar-refractivity contribution is 5.72. The Hall–Kier alpha value is -0.830. The van der Waals surface area contributed by atoms with Gasteiger partial charge in [-0.15, -0.1) is 0 Å². The van der Waals surface area contributed by atoms with Crippen LogP contribution in [0.1, 0.15) is 26.2 Å². The molecule has 2 aliphatic carbocycles. The Morgan fingerprint density at radius 2 is 2.36 bits per heavy atom. The molecule has 0 aliphatic heterocycles. The average Bonchev–Trinajstić information content (AvgIpc) is 2.63. The molecular formula is C11H16O3. The van der Waals surface area contributed by atoms with E-state index in [1.807, 2.05) is 13.0 Å². The second-order valence-corrected chi connectivity index (χ2v) is 4.48. The second kappa shape index (κ2) is 3.09. The molecule has 0 aromatic rings. The molecule has 0 unspecified atom stereocenters. The van der Waals surface area contributed by atoms with E-state index in [4.69, 9.17) is 5.11 Å². The van der Waals surface area contributed by atoms with E-state index in [9.17, 15) is 9.90 Å². The van der Waals surface area contributed by atoms with Crippen LogP contribution in [0, 0.1) is 17.8 Å². The van der Waals surface area contributed by atoms with Gasteiger partial charge in [-0.25, -0.2) is 0 Å². The first-order valence-corrected chi connectivity index (χ1v) is 5.21. The molecule has 3 heteroatoms. The maximum Gasteiger partial charge on any atom is 0.309 e. The molecule has 3 nitrogen and oxygen atoms in total. The summed E-state index contributed by atoms with van der Waals surface area (Å²) in [5.41, 5.74) is -0.986. The van der Waals surface area contributed by atoms with Crippen LogP contribution in [-0.4, -0.2) is 21.8 Å². The largest absolute Gasteiger partial charge is 0.481 e. The van der Waals surface area contributed by atoms with Crippen molar-refractivity contribution in [2.45, 2.75) is 31.8 Å². The Morgan fingerprint density at radius 1 is 1.64 bits per heavy atom. The van der Waals surface area contributed by atoms with Crippen molar-refractivity contribution >= 4 is 5.97 Å². The molecule has 0 spiro atoms. The van der Waals surface area contributed by atoms with Crippen molar-refractivity contribution in [3.63, 3.8) is 0 Å². The maximum atomic E-state index is 11.0. The lowest BCUT2D eigenvalue weighted by Crippen LogP contribution is -2.45. The van der Waals surface area contributed by atoms with Crippen molar-refractivity contribution in [3.8, 4) is 0 Å². The summed E-state index contributed by atoms with van der Waals surface area (Å²) in [6, 6.07) is 0. The number of carboxylic acid groups (broad SMARTS) is 1. The van der Waals surface area contributed by atoms with Gasteiger partial charge in [-0.05, 0) is 25.2 Å². The molecule has 0 aromatic carbocycles. The third kappa shape index (κ3) is 1.19. The van der Waals surface area contributed by atoms with E-state index in [1.54, 1.807) is 0 Å². The van der Waals surface area contributed by atoms with E-state index >= 15 is 0 Å². The number of aliphatic hydroxyl groups is 1. The van der Waals surface area contributed by atoms with Crippen LogP contribution in [0.25, 0.3) is 0 Å². The van der Waals surface area contributed by atoms with Crippen LogP contribution in [0.4, 0.5) is 0 Å². The smallest absolute Gasteiger partial charge is 0.309 e. The summed E-state index contributed by atoms with van der Waals surface area (Å²) in [6.45, 7) is 1.83. The summed E-state index contributed by atoms with van der Waals surface area (Å²) in [7, 11) is 0. The summed E-state index contributed by atoms with van der Waals surface area (Å²) in [6.07, 6.45) is 6.15. The van der Waals surface area contributed by atoms with Gasteiger partial charge in [0.05, 0.1) is 11.5 Å². The van der Waals surface area contributed by atoms with Gasteiger partial charge in [0.25, 0.3) is 0 Å².